The van der Waals surface area contributed by atoms with E-state index in [0.29, 0.717) is 6.54 Å². The molecule has 0 aromatic carbocycles. The van der Waals surface area contributed by atoms with E-state index in [1.165, 1.54) is 0 Å². The van der Waals surface area contributed by atoms with Crippen molar-refractivity contribution in [1.82, 2.24) is 4.72 Å². The first-order valence-electron chi connectivity index (χ1n) is 2.65. The molecule has 0 aromatic rings. The van der Waals surface area contributed by atoms with Gasteiger partial charge in [0.05, 0.1) is 0 Å². The molecule has 0 aliphatic rings. The number of nitrogens with one attached hydrogen (secondary N) is 1. The quantitative estimate of drug-likeness (QED) is 0.324. The SMILES string of the molecule is CCCCN[SH](=O)=O.[NaH]. The molecule has 0 aliphatic heterocycles. The molecule has 52 valence electrons. The summed E-state index contributed by atoms with van der Waals surface area (Å²) in [4.78, 5) is 0. The minimum atomic E-state index is -2.36. The Labute approximate surface area is 79.6 Å². The van der Waals surface area contributed by atoms with Crippen molar-refractivity contribution in [2.75, 3.05) is 6.54 Å². The molecule has 0 saturated carbocycles. The van der Waals surface area contributed by atoms with E-state index < -0.39 is 10.9 Å². The van der Waals surface area contributed by atoms with Gasteiger partial charge in [0.2, 0.25) is 10.9 Å². The van der Waals surface area contributed by atoms with E-state index in [1.807, 2.05) is 6.92 Å². The molecule has 0 unspecified atom stereocenters. The molecule has 1 N–H and O–H groups in total. The van der Waals surface area contributed by atoms with Crippen molar-refractivity contribution in [2.45, 2.75) is 19.8 Å². The first-order valence-corrected chi connectivity index (χ1v) is 3.83. The molecule has 0 spiro atoms. The summed E-state index contributed by atoms with van der Waals surface area (Å²) in [5.74, 6) is 0. The molecule has 0 rings (SSSR count). The van der Waals surface area contributed by atoms with E-state index in [9.17, 15) is 8.42 Å². The third-order valence-electron chi connectivity index (χ3n) is 0.771. The Kier molecular flexibility index (Phi) is 12.4. The standard InChI is InChI=1S/C4H11NO2S.Na.H/c1-2-3-4-5-8(6)7;;/h8H,2-4H2,1H3,(H,5,6,7);;. The minimum absolute atomic E-state index is 0. The number of hydrogen-bond acceptors (Lipinski definition) is 2. The Morgan fingerprint density at radius 3 is 2.33 bits per heavy atom. The van der Waals surface area contributed by atoms with Gasteiger partial charge in [-0.1, -0.05) is 13.3 Å². The molecule has 5 heteroatoms. The topological polar surface area (TPSA) is 46.2 Å². The fraction of sp³-hybridized carbons (Fsp3) is 1.00. The van der Waals surface area contributed by atoms with Crippen LogP contribution in [0.15, 0.2) is 0 Å². The number of unbranched alkanes of at least 4 members (excludes halogenated alkanes) is 1. The van der Waals surface area contributed by atoms with Gasteiger partial charge >= 0.3 is 29.6 Å². The van der Waals surface area contributed by atoms with Crippen LogP contribution in [0.3, 0.4) is 0 Å². The summed E-state index contributed by atoms with van der Waals surface area (Å²) >= 11 is 0. The van der Waals surface area contributed by atoms with Gasteiger partial charge in [-0.25, -0.2) is 13.1 Å². The summed E-state index contributed by atoms with van der Waals surface area (Å²) in [6.45, 7) is 2.59. The van der Waals surface area contributed by atoms with Gasteiger partial charge in [-0.3, -0.25) is 0 Å². The molecule has 0 saturated heterocycles. The normalized spacial score (nSPS) is 9.11. The molecule has 3 nitrogen and oxygen atoms in total. The second-order valence-corrected chi connectivity index (χ2v) is 2.35. The average Bonchev–Trinajstić information content (AvgIpc) is 1.66. The Hall–Kier alpha value is 0.910. The first-order chi connectivity index (χ1) is 3.77. The van der Waals surface area contributed by atoms with E-state index in [1.54, 1.807) is 0 Å². The van der Waals surface area contributed by atoms with Crippen LogP contribution in [0.4, 0.5) is 0 Å². The second kappa shape index (κ2) is 8.91. The van der Waals surface area contributed by atoms with Crippen molar-refractivity contribution >= 4 is 40.4 Å². The van der Waals surface area contributed by atoms with Gasteiger partial charge in [0.25, 0.3) is 0 Å². The monoisotopic (exact) mass is 161 g/mol. The molecular weight excluding hydrogens is 149 g/mol. The van der Waals surface area contributed by atoms with Crippen molar-refractivity contribution in [2.24, 2.45) is 0 Å². The van der Waals surface area contributed by atoms with Gasteiger partial charge in [0.15, 0.2) is 0 Å². The summed E-state index contributed by atoms with van der Waals surface area (Å²) in [6, 6.07) is 0. The fourth-order valence-electron chi connectivity index (χ4n) is 0.347. The number of thiol groups is 1. The van der Waals surface area contributed by atoms with Gasteiger partial charge in [-0.05, 0) is 6.42 Å². The van der Waals surface area contributed by atoms with Crippen LogP contribution < -0.4 is 4.72 Å². The van der Waals surface area contributed by atoms with Crippen LogP contribution in [0, 0.1) is 0 Å². The Bertz CT molecular complexity index is 107. The van der Waals surface area contributed by atoms with Gasteiger partial charge in [0.1, 0.15) is 0 Å². The van der Waals surface area contributed by atoms with E-state index in [0.717, 1.165) is 12.8 Å². The van der Waals surface area contributed by atoms with Gasteiger partial charge in [-0.2, -0.15) is 0 Å². The van der Waals surface area contributed by atoms with Crippen molar-refractivity contribution in [3.63, 3.8) is 0 Å². The zero-order valence-electron chi connectivity index (χ0n) is 4.89. The molecule has 0 amide bonds. The van der Waals surface area contributed by atoms with Crippen LogP contribution in [0.2, 0.25) is 0 Å². The van der Waals surface area contributed by atoms with Crippen LogP contribution in [0.1, 0.15) is 19.8 Å². The predicted molar refractivity (Wildman–Crippen MR) is 40.4 cm³/mol. The summed E-state index contributed by atoms with van der Waals surface area (Å²) in [5, 5.41) is 0. The van der Waals surface area contributed by atoms with Crippen LogP contribution in [0.5, 0.6) is 0 Å². The van der Waals surface area contributed by atoms with E-state index >= 15 is 0 Å². The first kappa shape index (κ1) is 12.6. The Morgan fingerprint density at radius 2 is 2.00 bits per heavy atom. The van der Waals surface area contributed by atoms with Crippen molar-refractivity contribution in [1.29, 1.82) is 0 Å². The molecule has 0 fully saturated rings. The van der Waals surface area contributed by atoms with Crippen molar-refractivity contribution in [3.05, 3.63) is 0 Å². The molecule has 0 radical (unpaired) electrons. The predicted octanol–water partition coefficient (Wildman–Crippen LogP) is -0.746. The van der Waals surface area contributed by atoms with Crippen LogP contribution in [-0.2, 0) is 10.9 Å². The Balaban J connectivity index is 0. The summed E-state index contributed by atoms with van der Waals surface area (Å²) < 4.78 is 21.9. The molecule has 0 aromatic heterocycles. The van der Waals surface area contributed by atoms with Crippen LogP contribution in [-0.4, -0.2) is 44.5 Å². The van der Waals surface area contributed by atoms with Crippen LogP contribution in [0.25, 0.3) is 0 Å². The molecule has 0 atom stereocenters. The third kappa shape index (κ3) is 12.2. The molecule has 0 bridgehead atoms. The maximum absolute atomic E-state index is 9.80. The number of hydrogen-bond donors (Lipinski definition) is 2. The fourth-order valence-corrected chi connectivity index (χ4v) is 0.688. The summed E-state index contributed by atoms with van der Waals surface area (Å²) in [7, 11) is -2.36. The van der Waals surface area contributed by atoms with Gasteiger partial charge in [0, 0.05) is 6.54 Å². The second-order valence-electron chi connectivity index (χ2n) is 1.52. The molecule has 0 heterocycles. The van der Waals surface area contributed by atoms with E-state index in [-0.39, 0.29) is 29.6 Å². The molecular formula is C4H12NNaO2S. The zero-order chi connectivity index (χ0) is 6.41. The maximum atomic E-state index is 9.80. The van der Waals surface area contributed by atoms with Crippen molar-refractivity contribution < 1.29 is 8.42 Å². The molecule has 9 heavy (non-hydrogen) atoms. The zero-order valence-corrected chi connectivity index (χ0v) is 5.78. The van der Waals surface area contributed by atoms with E-state index in [4.69, 9.17) is 0 Å². The van der Waals surface area contributed by atoms with E-state index in [2.05, 4.69) is 4.72 Å². The third-order valence-corrected chi connectivity index (χ3v) is 1.25. The van der Waals surface area contributed by atoms with Crippen LogP contribution >= 0.6 is 0 Å². The summed E-state index contributed by atoms with van der Waals surface area (Å²) in [5.41, 5.74) is 0. The molecule has 0 aliphatic carbocycles. The van der Waals surface area contributed by atoms with Gasteiger partial charge in [-0.15, -0.1) is 0 Å². The summed E-state index contributed by atoms with van der Waals surface area (Å²) in [6.07, 6.45) is 1.94. The van der Waals surface area contributed by atoms with Gasteiger partial charge < -0.3 is 0 Å². The average molecular weight is 161 g/mol. The Morgan fingerprint density at radius 1 is 1.44 bits per heavy atom. The number of rotatable bonds is 4. The van der Waals surface area contributed by atoms with Crippen molar-refractivity contribution in [3.8, 4) is 0 Å².